The van der Waals surface area contributed by atoms with Gasteiger partial charge in [-0.3, -0.25) is 0 Å². The number of nitrogens with one attached hydrogen (secondary N) is 1. The predicted octanol–water partition coefficient (Wildman–Crippen LogP) is 3.90. The van der Waals surface area contributed by atoms with Gasteiger partial charge in [-0.25, -0.2) is 4.98 Å². The Morgan fingerprint density at radius 2 is 2.44 bits per heavy atom. The first-order valence-corrected chi connectivity index (χ1v) is 7.74. The Balaban J connectivity index is 1.77. The van der Waals surface area contributed by atoms with E-state index >= 15 is 0 Å². The summed E-state index contributed by atoms with van der Waals surface area (Å²) in [6.07, 6.45) is 1.14. The van der Waals surface area contributed by atoms with Gasteiger partial charge in [0.2, 0.25) is 0 Å². The first-order valence-electron chi connectivity index (χ1n) is 6.13. The van der Waals surface area contributed by atoms with E-state index in [2.05, 4.69) is 51.4 Å². The molecule has 0 radical (unpaired) electrons. The topological polar surface area (TPSA) is 34.2 Å². The number of halogens is 1. The lowest BCUT2D eigenvalue weighted by Gasteiger charge is -2.18. The van der Waals surface area contributed by atoms with Gasteiger partial charge in [-0.2, -0.15) is 0 Å². The van der Waals surface area contributed by atoms with E-state index in [1.54, 1.807) is 11.3 Å². The summed E-state index contributed by atoms with van der Waals surface area (Å²) in [5.41, 5.74) is 1.05. The van der Waals surface area contributed by atoms with Crippen LogP contribution in [0.2, 0.25) is 0 Å². The number of thiazole rings is 1. The Bertz CT molecular complexity index is 551. The second kappa shape index (κ2) is 5.15. The average Bonchev–Trinajstić information content (AvgIpc) is 2.95. The third-order valence-corrected chi connectivity index (χ3v) is 4.83. The number of benzene rings is 1. The van der Waals surface area contributed by atoms with E-state index in [9.17, 15) is 0 Å². The fourth-order valence-corrected chi connectivity index (χ4v) is 3.51. The molecule has 1 saturated heterocycles. The number of nitrogens with zero attached hydrogens (tertiary/aromatic N) is 1. The number of rotatable bonds is 3. The SMILES string of the molecule is CC(Nc1nc2cc(Br)ccc2s1)C1CCOC1. The predicted molar refractivity (Wildman–Crippen MR) is 79.3 cm³/mol. The van der Waals surface area contributed by atoms with Crippen LogP contribution in [0.4, 0.5) is 5.13 Å². The molecule has 1 fully saturated rings. The molecule has 3 nitrogen and oxygen atoms in total. The van der Waals surface area contributed by atoms with Crippen molar-refractivity contribution in [2.75, 3.05) is 18.5 Å². The molecule has 5 heteroatoms. The first kappa shape index (κ1) is 12.4. The highest BCUT2D eigenvalue weighted by Gasteiger charge is 2.22. The number of hydrogen-bond donors (Lipinski definition) is 1. The quantitative estimate of drug-likeness (QED) is 0.928. The van der Waals surface area contributed by atoms with Crippen molar-refractivity contribution in [3.8, 4) is 0 Å². The Morgan fingerprint density at radius 3 is 3.22 bits per heavy atom. The van der Waals surface area contributed by atoms with Gasteiger partial charge in [-0.15, -0.1) is 0 Å². The molecule has 0 spiro atoms. The molecule has 1 aliphatic heterocycles. The number of fused-ring (bicyclic) bond motifs is 1. The lowest BCUT2D eigenvalue weighted by molar-refractivity contribution is 0.183. The molecule has 3 rings (SSSR count). The zero-order valence-electron chi connectivity index (χ0n) is 10.1. The molecule has 0 bridgehead atoms. The first-order chi connectivity index (χ1) is 8.72. The summed E-state index contributed by atoms with van der Waals surface area (Å²) >= 11 is 5.18. The fraction of sp³-hybridized carbons (Fsp3) is 0.462. The number of anilines is 1. The molecule has 0 aliphatic carbocycles. The van der Waals surface area contributed by atoms with E-state index in [4.69, 9.17) is 4.74 Å². The Hall–Kier alpha value is -0.650. The highest BCUT2D eigenvalue weighted by Crippen LogP contribution is 2.29. The van der Waals surface area contributed by atoms with Gasteiger partial charge in [0.1, 0.15) is 0 Å². The van der Waals surface area contributed by atoms with Gasteiger partial charge >= 0.3 is 0 Å². The molecular weight excluding hydrogens is 312 g/mol. The molecule has 0 amide bonds. The summed E-state index contributed by atoms with van der Waals surface area (Å²) in [6, 6.07) is 6.63. The lowest BCUT2D eigenvalue weighted by atomic mass is 10.0. The van der Waals surface area contributed by atoms with Gasteiger partial charge in [-0.05, 0) is 31.5 Å². The van der Waals surface area contributed by atoms with Gasteiger partial charge in [0.15, 0.2) is 5.13 Å². The maximum Gasteiger partial charge on any atom is 0.184 e. The van der Waals surface area contributed by atoms with Crippen molar-refractivity contribution in [3.63, 3.8) is 0 Å². The highest BCUT2D eigenvalue weighted by atomic mass is 79.9. The summed E-state index contributed by atoms with van der Waals surface area (Å²) in [4.78, 5) is 4.62. The Labute approximate surface area is 119 Å². The standard InChI is InChI=1S/C13H15BrN2OS/c1-8(9-4-5-17-7-9)15-13-16-11-6-10(14)2-3-12(11)18-13/h2-3,6,8-9H,4-5,7H2,1H3,(H,15,16). The van der Waals surface area contributed by atoms with E-state index in [0.717, 1.165) is 34.8 Å². The summed E-state index contributed by atoms with van der Waals surface area (Å²) in [7, 11) is 0. The molecule has 0 saturated carbocycles. The van der Waals surface area contributed by atoms with Crippen LogP contribution in [0.25, 0.3) is 10.2 Å². The molecule has 2 heterocycles. The fourth-order valence-electron chi connectivity index (χ4n) is 2.22. The van der Waals surface area contributed by atoms with E-state index < -0.39 is 0 Å². The zero-order valence-corrected chi connectivity index (χ0v) is 12.6. The van der Waals surface area contributed by atoms with Gasteiger partial charge in [0.25, 0.3) is 0 Å². The van der Waals surface area contributed by atoms with Crippen molar-refractivity contribution in [1.82, 2.24) is 4.98 Å². The van der Waals surface area contributed by atoms with Gasteiger partial charge in [0.05, 0.1) is 16.8 Å². The molecule has 1 N–H and O–H groups in total. The van der Waals surface area contributed by atoms with Crippen molar-refractivity contribution >= 4 is 42.6 Å². The smallest absolute Gasteiger partial charge is 0.184 e. The molecule has 1 aliphatic rings. The largest absolute Gasteiger partial charge is 0.381 e. The summed E-state index contributed by atoms with van der Waals surface area (Å²) in [6.45, 7) is 3.97. The minimum absolute atomic E-state index is 0.413. The van der Waals surface area contributed by atoms with Crippen LogP contribution >= 0.6 is 27.3 Å². The van der Waals surface area contributed by atoms with E-state index in [0.29, 0.717) is 12.0 Å². The van der Waals surface area contributed by atoms with Gasteiger partial charge in [0, 0.05) is 23.0 Å². The van der Waals surface area contributed by atoms with Crippen molar-refractivity contribution in [3.05, 3.63) is 22.7 Å². The molecule has 1 aromatic heterocycles. The number of hydrogen-bond acceptors (Lipinski definition) is 4. The van der Waals surface area contributed by atoms with E-state index in [-0.39, 0.29) is 0 Å². The monoisotopic (exact) mass is 326 g/mol. The van der Waals surface area contributed by atoms with Crippen LogP contribution in [-0.4, -0.2) is 24.2 Å². The number of aromatic nitrogens is 1. The third-order valence-electron chi connectivity index (χ3n) is 3.37. The van der Waals surface area contributed by atoms with Crippen LogP contribution in [0, 0.1) is 5.92 Å². The van der Waals surface area contributed by atoms with E-state index in [1.165, 1.54) is 4.70 Å². The van der Waals surface area contributed by atoms with E-state index in [1.807, 2.05) is 0 Å². The Morgan fingerprint density at radius 1 is 1.56 bits per heavy atom. The zero-order chi connectivity index (χ0) is 12.5. The molecule has 2 aromatic rings. The second-order valence-electron chi connectivity index (χ2n) is 4.69. The van der Waals surface area contributed by atoms with Crippen molar-refractivity contribution in [1.29, 1.82) is 0 Å². The molecular formula is C13H15BrN2OS. The molecule has 1 aromatic carbocycles. The van der Waals surface area contributed by atoms with Crippen LogP contribution in [0.5, 0.6) is 0 Å². The summed E-state index contributed by atoms with van der Waals surface area (Å²) in [5, 5.41) is 4.51. The molecule has 18 heavy (non-hydrogen) atoms. The van der Waals surface area contributed by atoms with Crippen LogP contribution in [0.3, 0.4) is 0 Å². The number of ether oxygens (including phenoxy) is 1. The molecule has 96 valence electrons. The van der Waals surface area contributed by atoms with Crippen molar-refractivity contribution < 1.29 is 4.74 Å². The highest BCUT2D eigenvalue weighted by molar-refractivity contribution is 9.10. The summed E-state index contributed by atoms with van der Waals surface area (Å²) < 4.78 is 7.72. The average molecular weight is 327 g/mol. The minimum Gasteiger partial charge on any atom is -0.381 e. The van der Waals surface area contributed by atoms with Crippen LogP contribution in [0.15, 0.2) is 22.7 Å². The molecule has 2 atom stereocenters. The molecule has 2 unspecified atom stereocenters. The maximum absolute atomic E-state index is 5.43. The lowest BCUT2D eigenvalue weighted by Crippen LogP contribution is -2.25. The van der Waals surface area contributed by atoms with Gasteiger partial charge < -0.3 is 10.1 Å². The Kier molecular flexibility index (Phi) is 3.54. The van der Waals surface area contributed by atoms with Crippen LogP contribution in [0.1, 0.15) is 13.3 Å². The summed E-state index contributed by atoms with van der Waals surface area (Å²) in [5.74, 6) is 0.601. The van der Waals surface area contributed by atoms with Crippen LogP contribution < -0.4 is 5.32 Å². The van der Waals surface area contributed by atoms with Gasteiger partial charge in [-0.1, -0.05) is 27.3 Å². The van der Waals surface area contributed by atoms with Crippen molar-refractivity contribution in [2.24, 2.45) is 5.92 Å². The minimum atomic E-state index is 0.413. The second-order valence-corrected chi connectivity index (χ2v) is 6.63. The maximum atomic E-state index is 5.43. The normalized spacial score (nSPS) is 21.3. The third kappa shape index (κ3) is 2.53. The van der Waals surface area contributed by atoms with Crippen molar-refractivity contribution in [2.45, 2.75) is 19.4 Å². The van der Waals surface area contributed by atoms with Crippen LogP contribution in [-0.2, 0) is 4.74 Å².